The van der Waals surface area contributed by atoms with Gasteiger partial charge in [-0.25, -0.2) is 4.79 Å². The van der Waals surface area contributed by atoms with Crippen molar-refractivity contribution >= 4 is 17.6 Å². The number of halogens is 1. The molecule has 0 radical (unpaired) electrons. The summed E-state index contributed by atoms with van der Waals surface area (Å²) in [7, 11) is 1.67. The van der Waals surface area contributed by atoms with E-state index in [0.29, 0.717) is 6.54 Å². The molecule has 1 atom stereocenters. The van der Waals surface area contributed by atoms with Gasteiger partial charge in [-0.05, 0) is 29.7 Å². The fourth-order valence-electron chi connectivity index (χ4n) is 3.48. The number of methoxy groups -OCH3 is 1. The molecule has 2 aromatic rings. The molecule has 2 amide bonds. The first-order chi connectivity index (χ1) is 13.7. The van der Waals surface area contributed by atoms with Crippen LogP contribution in [-0.4, -0.2) is 55.7 Å². The van der Waals surface area contributed by atoms with Gasteiger partial charge in [0, 0.05) is 51.4 Å². The number of carbonyl (C=O) groups excluding carboxylic acids is 1. The molecule has 1 fully saturated rings. The van der Waals surface area contributed by atoms with Gasteiger partial charge in [0.25, 0.3) is 0 Å². The highest BCUT2D eigenvalue weighted by Crippen LogP contribution is 2.16. The van der Waals surface area contributed by atoms with Gasteiger partial charge in [-0.15, -0.1) is 0 Å². The van der Waals surface area contributed by atoms with Crippen LogP contribution in [0.3, 0.4) is 0 Å². The van der Waals surface area contributed by atoms with Crippen LogP contribution in [0.2, 0.25) is 5.02 Å². The monoisotopic (exact) mass is 401 g/mol. The first-order valence-electron chi connectivity index (χ1n) is 9.73. The van der Waals surface area contributed by atoms with Gasteiger partial charge in [0.2, 0.25) is 0 Å². The molecule has 3 rings (SSSR count). The maximum absolute atomic E-state index is 12.6. The molecule has 0 bridgehead atoms. The highest BCUT2D eigenvalue weighted by atomic mass is 35.5. The van der Waals surface area contributed by atoms with E-state index in [0.717, 1.165) is 49.7 Å². The van der Waals surface area contributed by atoms with Crippen LogP contribution in [-0.2, 0) is 11.3 Å². The largest absolute Gasteiger partial charge is 0.375 e. The first kappa shape index (κ1) is 20.6. The van der Waals surface area contributed by atoms with E-state index in [1.807, 2.05) is 47.4 Å². The summed E-state index contributed by atoms with van der Waals surface area (Å²) in [6.07, 6.45) is 0.825. The van der Waals surface area contributed by atoms with E-state index in [9.17, 15) is 4.79 Å². The predicted molar refractivity (Wildman–Crippen MR) is 113 cm³/mol. The van der Waals surface area contributed by atoms with Crippen molar-refractivity contribution in [3.63, 3.8) is 0 Å². The standard InChI is InChI=1S/C22H28ClN3O2/c1-28-21(19-6-3-2-4-7-19)16-24-22(27)26-13-5-12-25(14-15-26)17-18-8-10-20(23)11-9-18/h2-4,6-11,21H,5,12-17H2,1H3,(H,24,27). The third kappa shape index (κ3) is 5.96. The zero-order valence-electron chi connectivity index (χ0n) is 16.3. The lowest BCUT2D eigenvalue weighted by atomic mass is 10.1. The summed E-state index contributed by atoms with van der Waals surface area (Å²) in [5, 5.41) is 3.79. The van der Waals surface area contributed by atoms with E-state index >= 15 is 0 Å². The number of carbonyl (C=O) groups is 1. The summed E-state index contributed by atoms with van der Waals surface area (Å²) in [5.41, 5.74) is 2.31. The van der Waals surface area contributed by atoms with Gasteiger partial charge in [0.15, 0.2) is 0 Å². The van der Waals surface area contributed by atoms with Gasteiger partial charge < -0.3 is 15.0 Å². The normalized spacial score (nSPS) is 16.4. The lowest BCUT2D eigenvalue weighted by molar-refractivity contribution is 0.101. The Bertz CT molecular complexity index is 739. The van der Waals surface area contributed by atoms with Gasteiger partial charge >= 0.3 is 6.03 Å². The number of rotatable bonds is 6. The Kier molecular flexibility index (Phi) is 7.71. The van der Waals surface area contributed by atoms with Crippen LogP contribution >= 0.6 is 11.6 Å². The molecular formula is C22H28ClN3O2. The summed E-state index contributed by atoms with van der Waals surface area (Å²) in [5.74, 6) is 0. The molecule has 1 heterocycles. The molecule has 1 saturated heterocycles. The fourth-order valence-corrected chi connectivity index (χ4v) is 3.60. The van der Waals surface area contributed by atoms with Crippen molar-refractivity contribution in [1.29, 1.82) is 0 Å². The molecule has 0 aliphatic carbocycles. The van der Waals surface area contributed by atoms with E-state index < -0.39 is 0 Å². The Labute approximate surface area is 172 Å². The molecule has 1 aliphatic heterocycles. The molecule has 0 spiro atoms. The Balaban J connectivity index is 1.47. The number of hydrogen-bond acceptors (Lipinski definition) is 3. The van der Waals surface area contributed by atoms with Gasteiger partial charge in [-0.1, -0.05) is 54.1 Å². The SMILES string of the molecule is COC(CNC(=O)N1CCCN(Cc2ccc(Cl)cc2)CC1)c1ccccc1. The lowest BCUT2D eigenvalue weighted by Crippen LogP contribution is -2.43. The number of urea groups is 1. The molecule has 0 aromatic heterocycles. The van der Waals surface area contributed by atoms with Crippen LogP contribution < -0.4 is 5.32 Å². The molecular weight excluding hydrogens is 374 g/mol. The minimum Gasteiger partial charge on any atom is -0.375 e. The highest BCUT2D eigenvalue weighted by Gasteiger charge is 2.20. The molecule has 1 N–H and O–H groups in total. The molecule has 2 aromatic carbocycles. The summed E-state index contributed by atoms with van der Waals surface area (Å²) in [6.45, 7) is 4.69. The molecule has 150 valence electrons. The first-order valence-corrected chi connectivity index (χ1v) is 10.1. The highest BCUT2D eigenvalue weighted by molar-refractivity contribution is 6.30. The minimum absolute atomic E-state index is 0.0219. The van der Waals surface area contributed by atoms with Gasteiger partial charge in [0.1, 0.15) is 0 Å². The maximum atomic E-state index is 12.6. The number of benzene rings is 2. The molecule has 1 aliphatic rings. The predicted octanol–water partition coefficient (Wildman–Crippen LogP) is 3.95. The quantitative estimate of drug-likeness (QED) is 0.797. The Morgan fingerprint density at radius 1 is 1.07 bits per heavy atom. The van der Waals surface area contributed by atoms with E-state index in [4.69, 9.17) is 16.3 Å². The summed E-state index contributed by atoms with van der Waals surface area (Å²) < 4.78 is 5.54. The van der Waals surface area contributed by atoms with Gasteiger partial charge in [0.05, 0.1) is 6.10 Å². The zero-order chi connectivity index (χ0) is 19.8. The van der Waals surface area contributed by atoms with E-state index in [1.165, 1.54) is 5.56 Å². The van der Waals surface area contributed by atoms with Crippen molar-refractivity contribution in [3.8, 4) is 0 Å². The van der Waals surface area contributed by atoms with Crippen molar-refractivity contribution in [2.75, 3.05) is 39.8 Å². The van der Waals surface area contributed by atoms with Crippen LogP contribution in [0.25, 0.3) is 0 Å². The Morgan fingerprint density at radius 3 is 2.54 bits per heavy atom. The second-order valence-electron chi connectivity index (χ2n) is 7.06. The van der Waals surface area contributed by atoms with Crippen molar-refractivity contribution in [1.82, 2.24) is 15.1 Å². The summed E-state index contributed by atoms with van der Waals surface area (Å²) in [6, 6.07) is 17.9. The van der Waals surface area contributed by atoms with Crippen molar-refractivity contribution < 1.29 is 9.53 Å². The Morgan fingerprint density at radius 2 is 1.82 bits per heavy atom. The fraction of sp³-hybridized carbons (Fsp3) is 0.409. The molecule has 5 nitrogen and oxygen atoms in total. The maximum Gasteiger partial charge on any atom is 0.317 e. The topological polar surface area (TPSA) is 44.8 Å². The number of ether oxygens (including phenoxy) is 1. The Hall–Kier alpha value is -2.08. The lowest BCUT2D eigenvalue weighted by Gasteiger charge is -2.24. The van der Waals surface area contributed by atoms with Crippen molar-refractivity contribution in [2.24, 2.45) is 0 Å². The molecule has 0 saturated carbocycles. The van der Waals surface area contributed by atoms with E-state index in [2.05, 4.69) is 22.3 Å². The van der Waals surface area contributed by atoms with Crippen molar-refractivity contribution in [2.45, 2.75) is 19.1 Å². The third-order valence-corrected chi connectivity index (χ3v) is 5.34. The molecule has 28 heavy (non-hydrogen) atoms. The second kappa shape index (κ2) is 10.5. The second-order valence-corrected chi connectivity index (χ2v) is 7.50. The van der Waals surface area contributed by atoms with E-state index in [-0.39, 0.29) is 12.1 Å². The minimum atomic E-state index is -0.140. The van der Waals surface area contributed by atoms with Crippen LogP contribution in [0.4, 0.5) is 4.79 Å². The molecule has 6 heteroatoms. The molecule has 1 unspecified atom stereocenters. The summed E-state index contributed by atoms with van der Waals surface area (Å²) in [4.78, 5) is 16.9. The van der Waals surface area contributed by atoms with Crippen LogP contribution in [0.15, 0.2) is 54.6 Å². The average Bonchev–Trinajstić information content (AvgIpc) is 2.96. The number of nitrogens with one attached hydrogen (secondary N) is 1. The number of amides is 2. The van der Waals surface area contributed by atoms with Gasteiger partial charge in [-0.3, -0.25) is 4.90 Å². The number of nitrogens with zero attached hydrogens (tertiary/aromatic N) is 2. The van der Waals surface area contributed by atoms with Crippen LogP contribution in [0, 0.1) is 0 Å². The van der Waals surface area contributed by atoms with Crippen LogP contribution in [0.5, 0.6) is 0 Å². The van der Waals surface area contributed by atoms with Crippen molar-refractivity contribution in [3.05, 3.63) is 70.7 Å². The van der Waals surface area contributed by atoms with Crippen LogP contribution in [0.1, 0.15) is 23.7 Å². The van der Waals surface area contributed by atoms with E-state index in [1.54, 1.807) is 7.11 Å². The zero-order valence-corrected chi connectivity index (χ0v) is 17.1. The van der Waals surface area contributed by atoms with Gasteiger partial charge in [-0.2, -0.15) is 0 Å². The average molecular weight is 402 g/mol. The number of hydrogen-bond donors (Lipinski definition) is 1. The summed E-state index contributed by atoms with van der Waals surface area (Å²) >= 11 is 5.96. The smallest absolute Gasteiger partial charge is 0.317 e. The third-order valence-electron chi connectivity index (χ3n) is 5.09.